The van der Waals surface area contributed by atoms with E-state index in [9.17, 15) is 8.42 Å². The highest BCUT2D eigenvalue weighted by atomic mass is 32.2. The van der Waals surface area contributed by atoms with Crippen LogP contribution < -0.4 is 4.74 Å². The monoisotopic (exact) mass is 391 g/mol. The molecule has 0 fully saturated rings. The molecule has 2 aromatic heterocycles. The van der Waals surface area contributed by atoms with Gasteiger partial charge in [0.2, 0.25) is 10.0 Å². The van der Waals surface area contributed by atoms with Crippen LogP contribution in [0.25, 0.3) is 0 Å². The number of benzene rings is 1. The van der Waals surface area contributed by atoms with Crippen LogP contribution in [0.1, 0.15) is 16.9 Å². The fourth-order valence-corrected chi connectivity index (χ4v) is 4.66. The predicted molar refractivity (Wildman–Crippen MR) is 103 cm³/mol. The highest BCUT2D eigenvalue weighted by Crippen LogP contribution is 2.18. The maximum atomic E-state index is 12.9. The third-order valence-corrected chi connectivity index (χ3v) is 6.55. The van der Waals surface area contributed by atoms with Crippen LogP contribution in [-0.4, -0.2) is 25.6 Å². The molecule has 0 aliphatic carbocycles. The van der Waals surface area contributed by atoms with Crippen LogP contribution in [0.5, 0.6) is 5.75 Å². The van der Waals surface area contributed by atoms with Crippen LogP contribution in [0.15, 0.2) is 63.9 Å². The molecule has 0 saturated heterocycles. The van der Waals surface area contributed by atoms with Crippen LogP contribution in [-0.2, 0) is 29.5 Å². The van der Waals surface area contributed by atoms with E-state index in [2.05, 4.69) is 0 Å². The first-order valence-electron chi connectivity index (χ1n) is 8.21. The quantitative estimate of drug-likeness (QED) is 0.555. The lowest BCUT2D eigenvalue weighted by atomic mass is 10.2. The normalized spacial score (nSPS) is 11.8. The summed E-state index contributed by atoms with van der Waals surface area (Å²) in [5, 5.41) is 3.92. The first-order valence-corrected chi connectivity index (χ1v) is 10.8. The number of nitrogens with zero attached hydrogens (tertiary/aromatic N) is 1. The Kier molecular flexibility index (Phi) is 6.13. The van der Waals surface area contributed by atoms with Gasteiger partial charge in [0.1, 0.15) is 11.5 Å². The Labute approximate surface area is 157 Å². The van der Waals surface area contributed by atoms with E-state index in [-0.39, 0.29) is 12.3 Å². The molecule has 0 aliphatic rings. The molecule has 0 radical (unpaired) electrons. The molecule has 0 amide bonds. The van der Waals surface area contributed by atoms with E-state index in [1.165, 1.54) is 4.31 Å². The Balaban J connectivity index is 1.71. The highest BCUT2D eigenvalue weighted by molar-refractivity contribution is 7.89. The summed E-state index contributed by atoms with van der Waals surface area (Å²) in [4.78, 5) is 0. The second kappa shape index (κ2) is 8.53. The number of methoxy groups -OCH3 is 1. The summed E-state index contributed by atoms with van der Waals surface area (Å²) >= 11 is 1.56. The van der Waals surface area contributed by atoms with Gasteiger partial charge in [0.25, 0.3) is 0 Å². The molecule has 0 spiro atoms. The minimum absolute atomic E-state index is 0.0458. The molecule has 0 saturated carbocycles. The van der Waals surface area contributed by atoms with Gasteiger partial charge >= 0.3 is 0 Å². The first kappa shape index (κ1) is 18.7. The summed E-state index contributed by atoms with van der Waals surface area (Å²) < 4.78 is 37.9. The van der Waals surface area contributed by atoms with Crippen molar-refractivity contribution < 1.29 is 17.6 Å². The lowest BCUT2D eigenvalue weighted by Crippen LogP contribution is -2.32. The Bertz CT molecular complexity index is 849. The zero-order valence-corrected chi connectivity index (χ0v) is 16.1. The molecule has 0 N–H and O–H groups in total. The van der Waals surface area contributed by atoms with Gasteiger partial charge in [0.15, 0.2) is 0 Å². The molecule has 1 aromatic carbocycles. The largest absolute Gasteiger partial charge is 0.497 e. The minimum atomic E-state index is -3.44. The molecule has 3 aromatic rings. The van der Waals surface area contributed by atoms with Gasteiger partial charge in [-0.15, -0.1) is 0 Å². The van der Waals surface area contributed by atoms with Crippen molar-refractivity contribution in [2.24, 2.45) is 0 Å². The van der Waals surface area contributed by atoms with Gasteiger partial charge in [0.05, 0.1) is 25.7 Å². The van der Waals surface area contributed by atoms with Crippen molar-refractivity contribution in [2.75, 3.05) is 12.9 Å². The number of furan rings is 1. The Morgan fingerprint density at radius 3 is 2.50 bits per heavy atom. The number of rotatable bonds is 9. The fraction of sp³-hybridized carbons (Fsp3) is 0.263. The molecule has 26 heavy (non-hydrogen) atoms. The Morgan fingerprint density at radius 1 is 1.08 bits per heavy atom. The predicted octanol–water partition coefficient (Wildman–Crippen LogP) is 3.92. The molecule has 0 atom stereocenters. The molecular formula is C19H21NO4S2. The number of hydrogen-bond acceptors (Lipinski definition) is 5. The van der Waals surface area contributed by atoms with Gasteiger partial charge in [-0.1, -0.05) is 12.1 Å². The van der Waals surface area contributed by atoms with Crippen molar-refractivity contribution in [3.8, 4) is 5.75 Å². The summed E-state index contributed by atoms with van der Waals surface area (Å²) in [6, 6.07) is 13.0. The molecule has 2 heterocycles. The van der Waals surface area contributed by atoms with Crippen molar-refractivity contribution >= 4 is 21.4 Å². The van der Waals surface area contributed by atoms with Gasteiger partial charge in [-0.2, -0.15) is 15.6 Å². The maximum absolute atomic E-state index is 12.9. The SMILES string of the molecule is COc1ccc(CCS(=O)(=O)N(Cc2ccsc2)Cc2ccco2)cc1. The summed E-state index contributed by atoms with van der Waals surface area (Å²) in [6.45, 7) is 0.572. The van der Waals surface area contributed by atoms with E-state index >= 15 is 0 Å². The van der Waals surface area contributed by atoms with Crippen molar-refractivity contribution in [1.82, 2.24) is 4.31 Å². The first-order chi connectivity index (χ1) is 12.6. The van der Waals surface area contributed by atoms with Crippen molar-refractivity contribution in [2.45, 2.75) is 19.5 Å². The number of sulfonamides is 1. The van der Waals surface area contributed by atoms with Gasteiger partial charge in [-0.3, -0.25) is 0 Å². The third-order valence-electron chi connectivity index (χ3n) is 4.05. The molecule has 5 nitrogen and oxygen atoms in total. The Morgan fingerprint density at radius 2 is 1.88 bits per heavy atom. The number of hydrogen-bond donors (Lipinski definition) is 0. The average Bonchev–Trinajstić information content (AvgIpc) is 3.34. The smallest absolute Gasteiger partial charge is 0.215 e. The highest BCUT2D eigenvalue weighted by Gasteiger charge is 2.23. The minimum Gasteiger partial charge on any atom is -0.497 e. The summed E-state index contributed by atoms with van der Waals surface area (Å²) in [5.41, 5.74) is 1.94. The fourth-order valence-electron chi connectivity index (χ4n) is 2.58. The summed E-state index contributed by atoms with van der Waals surface area (Å²) in [5.74, 6) is 1.44. The van der Waals surface area contributed by atoms with Crippen LogP contribution in [0.4, 0.5) is 0 Å². The Hall–Kier alpha value is -2.09. The molecule has 138 valence electrons. The van der Waals surface area contributed by atoms with E-state index in [1.54, 1.807) is 36.8 Å². The topological polar surface area (TPSA) is 59.8 Å². The van der Waals surface area contributed by atoms with E-state index in [0.717, 1.165) is 16.9 Å². The third kappa shape index (κ3) is 4.97. The van der Waals surface area contributed by atoms with Crippen molar-refractivity contribution in [3.05, 3.63) is 76.4 Å². The van der Waals surface area contributed by atoms with Gasteiger partial charge in [0, 0.05) is 6.54 Å². The van der Waals surface area contributed by atoms with Crippen LogP contribution >= 0.6 is 11.3 Å². The van der Waals surface area contributed by atoms with E-state index < -0.39 is 10.0 Å². The number of thiophene rings is 1. The second-order valence-corrected chi connectivity index (χ2v) is 8.76. The second-order valence-electron chi connectivity index (χ2n) is 5.89. The van der Waals surface area contributed by atoms with Crippen LogP contribution in [0.3, 0.4) is 0 Å². The van der Waals surface area contributed by atoms with Gasteiger partial charge in [-0.25, -0.2) is 8.42 Å². The maximum Gasteiger partial charge on any atom is 0.215 e. The zero-order chi connectivity index (χ0) is 18.4. The molecule has 7 heteroatoms. The van der Waals surface area contributed by atoms with Crippen molar-refractivity contribution in [1.29, 1.82) is 0 Å². The summed E-state index contributed by atoms with van der Waals surface area (Å²) in [6.07, 6.45) is 2.01. The zero-order valence-electron chi connectivity index (χ0n) is 14.5. The molecule has 3 rings (SSSR count). The van der Waals surface area contributed by atoms with Gasteiger partial charge in [-0.05, 0) is 58.6 Å². The lowest BCUT2D eigenvalue weighted by molar-refractivity contribution is 0.359. The average molecular weight is 392 g/mol. The molecular weight excluding hydrogens is 370 g/mol. The lowest BCUT2D eigenvalue weighted by Gasteiger charge is -2.21. The molecule has 0 aliphatic heterocycles. The van der Waals surface area contributed by atoms with Crippen LogP contribution in [0, 0.1) is 0 Å². The van der Waals surface area contributed by atoms with E-state index in [0.29, 0.717) is 18.7 Å². The molecule has 0 unspecified atom stereocenters. The van der Waals surface area contributed by atoms with E-state index in [4.69, 9.17) is 9.15 Å². The van der Waals surface area contributed by atoms with Gasteiger partial charge < -0.3 is 9.15 Å². The standard InChI is InChI=1S/C19H21NO4S2/c1-23-18-6-4-16(5-7-18)9-12-26(21,22)20(13-17-8-11-25-15-17)14-19-3-2-10-24-19/h2-8,10-11,15H,9,12-14H2,1H3. The summed E-state index contributed by atoms with van der Waals surface area (Å²) in [7, 11) is -1.83. The van der Waals surface area contributed by atoms with E-state index in [1.807, 2.05) is 41.1 Å². The number of ether oxygens (including phenoxy) is 1. The number of aryl methyl sites for hydroxylation is 1. The molecule has 0 bridgehead atoms. The van der Waals surface area contributed by atoms with Crippen molar-refractivity contribution in [3.63, 3.8) is 0 Å². The van der Waals surface area contributed by atoms with Crippen LogP contribution in [0.2, 0.25) is 0 Å².